The zero-order chi connectivity index (χ0) is 16.1. The Bertz CT molecular complexity index is 606. The van der Waals surface area contributed by atoms with Gasteiger partial charge in [-0.25, -0.2) is 0 Å². The highest BCUT2D eigenvalue weighted by atomic mass is 16.5. The second kappa shape index (κ2) is 7.57. The van der Waals surface area contributed by atoms with E-state index in [1.54, 1.807) is 14.0 Å². The molecule has 0 bridgehead atoms. The molecule has 2 aromatic rings. The van der Waals surface area contributed by atoms with Crippen molar-refractivity contribution in [3.63, 3.8) is 0 Å². The summed E-state index contributed by atoms with van der Waals surface area (Å²) < 4.78 is 15.8. The third-order valence-electron chi connectivity index (χ3n) is 4.26. The number of methoxy groups -OCH3 is 1. The summed E-state index contributed by atoms with van der Waals surface area (Å²) in [6, 6.07) is 8.48. The zero-order valence-corrected chi connectivity index (χ0v) is 13.6. The number of benzene rings is 1. The molecular formula is C17H23N3O3. The molecule has 1 aliphatic rings. The number of hydrogen-bond donors (Lipinski definition) is 1. The summed E-state index contributed by atoms with van der Waals surface area (Å²) in [5.41, 5.74) is 1.25. The van der Waals surface area contributed by atoms with E-state index in [0.29, 0.717) is 24.2 Å². The molecule has 0 saturated carbocycles. The number of rotatable bonds is 6. The van der Waals surface area contributed by atoms with Crippen LogP contribution < -0.4 is 10.1 Å². The molecule has 0 amide bonds. The zero-order valence-electron chi connectivity index (χ0n) is 13.6. The lowest BCUT2D eigenvalue weighted by atomic mass is 9.87. The molecule has 1 atom stereocenters. The van der Waals surface area contributed by atoms with Crippen LogP contribution in [0.4, 0.5) is 0 Å². The minimum Gasteiger partial charge on any atom is -0.497 e. The van der Waals surface area contributed by atoms with Crippen LogP contribution in [0, 0.1) is 12.8 Å². The summed E-state index contributed by atoms with van der Waals surface area (Å²) in [6.45, 7) is 4.03. The van der Waals surface area contributed by atoms with Crippen LogP contribution in [-0.2, 0) is 11.3 Å². The summed E-state index contributed by atoms with van der Waals surface area (Å²) in [7, 11) is 1.68. The molecule has 0 unspecified atom stereocenters. The van der Waals surface area contributed by atoms with Crippen molar-refractivity contribution in [2.45, 2.75) is 32.4 Å². The van der Waals surface area contributed by atoms with Gasteiger partial charge in [-0.2, -0.15) is 4.98 Å². The maximum Gasteiger partial charge on any atom is 0.223 e. The first kappa shape index (κ1) is 16.0. The largest absolute Gasteiger partial charge is 0.497 e. The van der Waals surface area contributed by atoms with Crippen LogP contribution in [0.15, 0.2) is 28.8 Å². The van der Waals surface area contributed by atoms with Crippen molar-refractivity contribution in [2.75, 3.05) is 20.3 Å². The van der Waals surface area contributed by atoms with Crippen LogP contribution in [0.3, 0.4) is 0 Å². The first-order chi connectivity index (χ1) is 11.3. The summed E-state index contributed by atoms with van der Waals surface area (Å²) in [6.07, 6.45) is 2.10. The second-order valence-electron chi connectivity index (χ2n) is 5.81. The molecule has 23 heavy (non-hydrogen) atoms. The molecular weight excluding hydrogens is 294 g/mol. The Labute approximate surface area is 136 Å². The average Bonchev–Trinajstić information content (AvgIpc) is 3.02. The van der Waals surface area contributed by atoms with Gasteiger partial charge >= 0.3 is 0 Å². The van der Waals surface area contributed by atoms with Crippen molar-refractivity contribution in [1.29, 1.82) is 0 Å². The van der Waals surface area contributed by atoms with Gasteiger partial charge in [0.2, 0.25) is 5.89 Å². The summed E-state index contributed by atoms with van der Waals surface area (Å²) in [5.74, 6) is 2.68. The molecule has 1 N–H and O–H groups in total. The Balaban J connectivity index is 1.74. The standard InChI is InChI=1S/C17H23N3O3/c1-12-19-16(20-23-12)11-18-17(14-7-9-22-10-8-14)13-3-5-15(21-2)6-4-13/h3-6,14,17-18H,7-11H2,1-2H3/t17-/m1/s1. The van der Waals surface area contributed by atoms with Crippen LogP contribution in [0.25, 0.3) is 0 Å². The lowest BCUT2D eigenvalue weighted by Gasteiger charge is -2.31. The summed E-state index contributed by atoms with van der Waals surface area (Å²) >= 11 is 0. The minimum absolute atomic E-state index is 0.239. The molecule has 124 valence electrons. The average molecular weight is 317 g/mol. The predicted octanol–water partition coefficient (Wildman–Crippen LogP) is 2.64. The van der Waals surface area contributed by atoms with E-state index in [2.05, 4.69) is 27.6 Å². The summed E-state index contributed by atoms with van der Waals surface area (Å²) in [4.78, 5) is 4.26. The van der Waals surface area contributed by atoms with E-state index in [9.17, 15) is 0 Å². The van der Waals surface area contributed by atoms with Crippen LogP contribution in [0.2, 0.25) is 0 Å². The third kappa shape index (κ3) is 4.09. The molecule has 0 aliphatic carbocycles. The maximum absolute atomic E-state index is 5.50. The number of hydrogen-bond acceptors (Lipinski definition) is 6. The fourth-order valence-corrected chi connectivity index (χ4v) is 3.03. The summed E-state index contributed by atoms with van der Waals surface area (Å²) in [5, 5.41) is 7.55. The van der Waals surface area contributed by atoms with Crippen LogP contribution in [0.1, 0.15) is 36.2 Å². The van der Waals surface area contributed by atoms with Crippen molar-refractivity contribution in [2.24, 2.45) is 5.92 Å². The molecule has 0 spiro atoms. The van der Waals surface area contributed by atoms with Crippen molar-refractivity contribution in [3.05, 3.63) is 41.5 Å². The van der Waals surface area contributed by atoms with Crippen molar-refractivity contribution in [3.8, 4) is 5.75 Å². The number of nitrogens with one attached hydrogen (secondary N) is 1. The number of nitrogens with zero attached hydrogens (tertiary/aromatic N) is 2. The molecule has 1 saturated heterocycles. The quantitative estimate of drug-likeness (QED) is 0.883. The van der Waals surface area contributed by atoms with Gasteiger partial charge in [0.05, 0.1) is 13.7 Å². The fourth-order valence-electron chi connectivity index (χ4n) is 3.03. The van der Waals surface area contributed by atoms with E-state index >= 15 is 0 Å². The van der Waals surface area contributed by atoms with Crippen LogP contribution in [0.5, 0.6) is 5.75 Å². The fraction of sp³-hybridized carbons (Fsp3) is 0.529. The highest BCUT2D eigenvalue weighted by molar-refractivity contribution is 5.29. The molecule has 6 nitrogen and oxygen atoms in total. The minimum atomic E-state index is 0.239. The Morgan fingerprint density at radius 2 is 2.00 bits per heavy atom. The van der Waals surface area contributed by atoms with Gasteiger partial charge in [0.1, 0.15) is 5.75 Å². The monoisotopic (exact) mass is 317 g/mol. The van der Waals surface area contributed by atoms with E-state index in [1.165, 1.54) is 5.56 Å². The van der Waals surface area contributed by atoms with E-state index in [1.807, 2.05) is 12.1 Å². The molecule has 2 heterocycles. The van der Waals surface area contributed by atoms with Gasteiger partial charge in [0.25, 0.3) is 0 Å². The first-order valence-electron chi connectivity index (χ1n) is 8.00. The normalized spacial score (nSPS) is 17.1. The number of aryl methyl sites for hydroxylation is 1. The smallest absolute Gasteiger partial charge is 0.223 e. The van der Waals surface area contributed by atoms with Gasteiger partial charge in [0.15, 0.2) is 5.82 Å². The van der Waals surface area contributed by atoms with E-state index in [-0.39, 0.29) is 6.04 Å². The Morgan fingerprint density at radius 1 is 1.26 bits per heavy atom. The van der Waals surface area contributed by atoms with Gasteiger partial charge < -0.3 is 19.3 Å². The highest BCUT2D eigenvalue weighted by Crippen LogP contribution is 2.31. The van der Waals surface area contributed by atoms with Crippen LogP contribution in [-0.4, -0.2) is 30.5 Å². The van der Waals surface area contributed by atoms with Gasteiger partial charge in [-0.15, -0.1) is 0 Å². The first-order valence-corrected chi connectivity index (χ1v) is 8.00. The molecule has 1 aliphatic heterocycles. The Kier molecular flexibility index (Phi) is 5.25. The van der Waals surface area contributed by atoms with Gasteiger partial charge in [-0.1, -0.05) is 17.3 Å². The lowest BCUT2D eigenvalue weighted by molar-refractivity contribution is 0.0532. The van der Waals surface area contributed by atoms with E-state index < -0.39 is 0 Å². The number of aromatic nitrogens is 2. The van der Waals surface area contributed by atoms with Crippen molar-refractivity contribution < 1.29 is 14.0 Å². The maximum atomic E-state index is 5.50. The SMILES string of the molecule is COc1ccc([C@@H](NCc2noc(C)n2)C2CCOCC2)cc1. The molecule has 1 aromatic heterocycles. The molecule has 3 rings (SSSR count). The Hall–Kier alpha value is -1.92. The molecule has 6 heteroatoms. The molecule has 0 radical (unpaired) electrons. The molecule has 1 aromatic carbocycles. The van der Waals surface area contributed by atoms with Gasteiger partial charge in [-0.3, -0.25) is 0 Å². The van der Waals surface area contributed by atoms with E-state index in [4.69, 9.17) is 14.0 Å². The Morgan fingerprint density at radius 3 is 2.61 bits per heavy atom. The number of ether oxygens (including phenoxy) is 2. The van der Waals surface area contributed by atoms with Gasteiger partial charge in [0, 0.05) is 26.2 Å². The van der Waals surface area contributed by atoms with Gasteiger partial charge in [-0.05, 0) is 36.5 Å². The lowest BCUT2D eigenvalue weighted by Crippen LogP contribution is -2.32. The van der Waals surface area contributed by atoms with E-state index in [0.717, 1.165) is 31.8 Å². The van der Waals surface area contributed by atoms with Crippen molar-refractivity contribution in [1.82, 2.24) is 15.5 Å². The third-order valence-corrected chi connectivity index (χ3v) is 4.26. The van der Waals surface area contributed by atoms with Crippen molar-refractivity contribution >= 4 is 0 Å². The topological polar surface area (TPSA) is 69.4 Å². The van der Waals surface area contributed by atoms with Crippen LogP contribution >= 0.6 is 0 Å². The second-order valence-corrected chi connectivity index (χ2v) is 5.81. The highest BCUT2D eigenvalue weighted by Gasteiger charge is 2.25. The predicted molar refractivity (Wildman–Crippen MR) is 85.2 cm³/mol. The molecule has 1 fully saturated rings.